The Morgan fingerprint density at radius 2 is 2.29 bits per heavy atom. The lowest BCUT2D eigenvalue weighted by Gasteiger charge is -2.21. The van der Waals surface area contributed by atoms with Gasteiger partial charge < -0.3 is 10.1 Å². The third-order valence-electron chi connectivity index (χ3n) is 2.82. The maximum Gasteiger partial charge on any atom is 0.0558 e. The molecule has 1 N–H and O–H groups in total. The number of thiophene rings is 1. The Morgan fingerprint density at radius 1 is 1.53 bits per heavy atom. The summed E-state index contributed by atoms with van der Waals surface area (Å²) in [4.78, 5) is 1.42. The molecule has 2 unspecified atom stereocenters. The highest BCUT2D eigenvalue weighted by Crippen LogP contribution is 2.25. The second-order valence-electron chi connectivity index (χ2n) is 4.33. The van der Waals surface area contributed by atoms with E-state index in [1.54, 1.807) is 7.11 Å². The van der Waals surface area contributed by atoms with Crippen LogP contribution in [0, 0.1) is 0 Å². The first kappa shape index (κ1) is 15.2. The highest BCUT2D eigenvalue weighted by Gasteiger charge is 2.15. The lowest BCUT2D eigenvalue weighted by molar-refractivity contribution is 0.100. The molecule has 2 atom stereocenters. The van der Waals surface area contributed by atoms with Gasteiger partial charge in [0.25, 0.3) is 0 Å². The van der Waals surface area contributed by atoms with Crippen LogP contribution < -0.4 is 5.32 Å². The Bertz CT molecular complexity index is 316. The summed E-state index contributed by atoms with van der Waals surface area (Å²) in [6, 6.07) is 2.62. The van der Waals surface area contributed by atoms with E-state index in [2.05, 4.69) is 46.5 Å². The van der Waals surface area contributed by atoms with E-state index in [9.17, 15) is 0 Å². The van der Waals surface area contributed by atoms with E-state index >= 15 is 0 Å². The van der Waals surface area contributed by atoms with Gasteiger partial charge >= 0.3 is 0 Å². The van der Waals surface area contributed by atoms with Crippen molar-refractivity contribution >= 4 is 27.3 Å². The normalized spacial score (nSPS) is 14.8. The van der Waals surface area contributed by atoms with Gasteiger partial charge in [0.15, 0.2) is 0 Å². The van der Waals surface area contributed by atoms with Crippen LogP contribution in [0.5, 0.6) is 0 Å². The molecule has 4 heteroatoms. The maximum absolute atomic E-state index is 5.36. The molecule has 0 spiro atoms. The average Bonchev–Trinajstić information content (AvgIpc) is 2.71. The summed E-state index contributed by atoms with van der Waals surface area (Å²) >= 11 is 5.42. The maximum atomic E-state index is 5.36. The molecule has 1 aromatic rings. The topological polar surface area (TPSA) is 21.3 Å². The van der Waals surface area contributed by atoms with E-state index < -0.39 is 0 Å². The zero-order valence-corrected chi connectivity index (χ0v) is 13.2. The summed E-state index contributed by atoms with van der Waals surface area (Å²) in [6.45, 7) is 5.40. The van der Waals surface area contributed by atoms with Crippen molar-refractivity contribution in [3.05, 3.63) is 20.8 Å². The summed E-state index contributed by atoms with van der Waals surface area (Å²) in [5, 5.41) is 5.74. The molecule has 17 heavy (non-hydrogen) atoms. The van der Waals surface area contributed by atoms with Crippen molar-refractivity contribution < 1.29 is 4.74 Å². The Balaban J connectivity index is 2.53. The van der Waals surface area contributed by atoms with Gasteiger partial charge in [0.05, 0.1) is 6.10 Å². The summed E-state index contributed by atoms with van der Waals surface area (Å²) in [7, 11) is 1.78. The number of rotatable bonds is 8. The molecule has 1 rings (SSSR count). The van der Waals surface area contributed by atoms with Gasteiger partial charge in [0.2, 0.25) is 0 Å². The highest BCUT2D eigenvalue weighted by atomic mass is 79.9. The van der Waals surface area contributed by atoms with Crippen LogP contribution in [0.3, 0.4) is 0 Å². The van der Waals surface area contributed by atoms with Crippen LogP contribution in [0.1, 0.15) is 31.6 Å². The molecule has 0 saturated carbocycles. The molecule has 0 bridgehead atoms. The standard InChI is InChI=1S/C13H22BrNOS/c1-4-6-15-11(8-10(2)16-3)9-13-12(14)5-7-17-13/h5,7,10-11,15H,4,6,8-9H2,1-3H3. The van der Waals surface area contributed by atoms with Crippen molar-refractivity contribution in [3.8, 4) is 0 Å². The van der Waals surface area contributed by atoms with Crippen molar-refractivity contribution in [3.63, 3.8) is 0 Å². The third-order valence-corrected chi connectivity index (χ3v) is 4.77. The fourth-order valence-electron chi connectivity index (χ4n) is 1.78. The van der Waals surface area contributed by atoms with E-state index in [1.165, 1.54) is 15.8 Å². The Morgan fingerprint density at radius 3 is 2.82 bits per heavy atom. The number of nitrogens with one attached hydrogen (secondary N) is 1. The van der Waals surface area contributed by atoms with Crippen LogP contribution in [-0.4, -0.2) is 25.8 Å². The highest BCUT2D eigenvalue weighted by molar-refractivity contribution is 9.10. The van der Waals surface area contributed by atoms with Gasteiger partial charge in [-0.05, 0) is 60.1 Å². The number of halogens is 1. The number of ether oxygens (including phenoxy) is 1. The van der Waals surface area contributed by atoms with Crippen LogP contribution in [0.2, 0.25) is 0 Å². The summed E-state index contributed by atoms with van der Waals surface area (Å²) in [6.07, 6.45) is 3.61. The Kier molecular flexibility index (Phi) is 7.35. The molecule has 0 aliphatic carbocycles. The van der Waals surface area contributed by atoms with Crippen LogP contribution in [-0.2, 0) is 11.2 Å². The molecule has 0 aliphatic rings. The SMILES string of the molecule is CCCNC(Cc1sccc1Br)CC(C)OC. The molecule has 0 aromatic carbocycles. The molecule has 0 amide bonds. The van der Waals surface area contributed by atoms with E-state index in [4.69, 9.17) is 4.74 Å². The number of hydrogen-bond acceptors (Lipinski definition) is 3. The van der Waals surface area contributed by atoms with E-state index in [1.807, 2.05) is 11.3 Å². The van der Waals surface area contributed by atoms with Gasteiger partial charge in [-0.15, -0.1) is 11.3 Å². The predicted molar refractivity (Wildman–Crippen MR) is 78.9 cm³/mol. The van der Waals surface area contributed by atoms with E-state index in [0.29, 0.717) is 12.1 Å². The minimum absolute atomic E-state index is 0.308. The Labute approximate surface area is 117 Å². The van der Waals surface area contributed by atoms with Crippen molar-refractivity contribution in [2.24, 2.45) is 0 Å². The molecular formula is C13H22BrNOS. The fraction of sp³-hybridized carbons (Fsp3) is 0.692. The molecule has 98 valence electrons. The zero-order valence-electron chi connectivity index (χ0n) is 10.8. The summed E-state index contributed by atoms with van der Waals surface area (Å²) in [5.41, 5.74) is 0. The lowest BCUT2D eigenvalue weighted by atomic mass is 10.1. The average molecular weight is 320 g/mol. The van der Waals surface area contributed by atoms with Crippen LogP contribution in [0.4, 0.5) is 0 Å². The largest absolute Gasteiger partial charge is 0.382 e. The number of hydrogen-bond donors (Lipinski definition) is 1. The van der Waals surface area contributed by atoms with Gasteiger partial charge in [-0.1, -0.05) is 6.92 Å². The predicted octanol–water partition coefficient (Wildman–Crippen LogP) is 3.85. The first-order valence-corrected chi connectivity index (χ1v) is 7.82. The molecule has 2 nitrogen and oxygen atoms in total. The summed E-state index contributed by atoms with van der Waals surface area (Å²) in [5.74, 6) is 0. The third kappa shape index (κ3) is 5.51. The number of methoxy groups -OCH3 is 1. The van der Waals surface area contributed by atoms with Gasteiger partial charge in [-0.3, -0.25) is 0 Å². The van der Waals surface area contributed by atoms with Crippen molar-refractivity contribution in [2.45, 2.75) is 45.3 Å². The first-order chi connectivity index (χ1) is 8.17. The molecule has 1 aromatic heterocycles. The van der Waals surface area contributed by atoms with Gasteiger partial charge in [-0.2, -0.15) is 0 Å². The lowest BCUT2D eigenvalue weighted by Crippen LogP contribution is -2.34. The molecule has 0 aliphatic heterocycles. The fourth-order valence-corrected chi connectivity index (χ4v) is 3.37. The second kappa shape index (κ2) is 8.25. The van der Waals surface area contributed by atoms with Crippen LogP contribution >= 0.6 is 27.3 Å². The minimum atomic E-state index is 0.308. The van der Waals surface area contributed by atoms with Crippen molar-refractivity contribution in [1.29, 1.82) is 0 Å². The quantitative estimate of drug-likeness (QED) is 0.786. The van der Waals surface area contributed by atoms with Crippen LogP contribution in [0.25, 0.3) is 0 Å². The smallest absolute Gasteiger partial charge is 0.0558 e. The molecule has 0 saturated heterocycles. The van der Waals surface area contributed by atoms with E-state index in [0.717, 1.165) is 19.4 Å². The zero-order chi connectivity index (χ0) is 12.7. The monoisotopic (exact) mass is 319 g/mol. The van der Waals surface area contributed by atoms with Gasteiger partial charge in [0.1, 0.15) is 0 Å². The molecule has 1 heterocycles. The van der Waals surface area contributed by atoms with Crippen molar-refractivity contribution in [1.82, 2.24) is 5.32 Å². The molecule has 0 fully saturated rings. The second-order valence-corrected chi connectivity index (χ2v) is 6.18. The first-order valence-electron chi connectivity index (χ1n) is 6.15. The molecule has 0 radical (unpaired) electrons. The Hall–Kier alpha value is 0.1000. The van der Waals surface area contributed by atoms with Crippen molar-refractivity contribution in [2.75, 3.05) is 13.7 Å². The van der Waals surface area contributed by atoms with Gasteiger partial charge in [-0.25, -0.2) is 0 Å². The van der Waals surface area contributed by atoms with E-state index in [-0.39, 0.29) is 0 Å². The summed E-state index contributed by atoms with van der Waals surface area (Å²) < 4.78 is 6.59. The minimum Gasteiger partial charge on any atom is -0.382 e. The van der Waals surface area contributed by atoms with Gasteiger partial charge in [0, 0.05) is 22.5 Å². The van der Waals surface area contributed by atoms with Crippen LogP contribution in [0.15, 0.2) is 15.9 Å². The molecular weight excluding hydrogens is 298 g/mol.